The molecule has 0 heterocycles. The summed E-state index contributed by atoms with van der Waals surface area (Å²) in [5.74, 6) is 0. The highest BCUT2D eigenvalue weighted by molar-refractivity contribution is 4.67. The molecule has 0 aliphatic rings. The largest absolute Gasteiger partial charge is 0.329 e. The fourth-order valence-corrected chi connectivity index (χ4v) is 1.25. The van der Waals surface area contributed by atoms with Crippen molar-refractivity contribution in [2.45, 2.75) is 32.2 Å². The number of unbranched alkanes of at least 4 members (excludes halogenated alkanes) is 1. The van der Waals surface area contributed by atoms with Gasteiger partial charge in [0.1, 0.15) is 0 Å². The first kappa shape index (κ1) is 12.9. The Hall–Kier alpha value is -0.120. The van der Waals surface area contributed by atoms with Crippen LogP contribution in [0.3, 0.4) is 0 Å². The van der Waals surface area contributed by atoms with E-state index in [1.165, 1.54) is 19.3 Å². The average molecular weight is 187 g/mol. The van der Waals surface area contributed by atoms with E-state index in [-0.39, 0.29) is 0 Å². The number of hydrogen-bond acceptors (Lipinski definition) is 3. The van der Waals surface area contributed by atoms with Crippen molar-refractivity contribution in [1.82, 2.24) is 10.2 Å². The molecule has 80 valence electrons. The minimum absolute atomic E-state index is 0.514. The molecule has 3 nitrogen and oxygen atoms in total. The van der Waals surface area contributed by atoms with Crippen molar-refractivity contribution in [1.29, 1.82) is 0 Å². The van der Waals surface area contributed by atoms with Crippen LogP contribution in [0.1, 0.15) is 26.2 Å². The second-order valence-corrected chi connectivity index (χ2v) is 3.83. The van der Waals surface area contributed by atoms with Crippen LogP contribution in [0.25, 0.3) is 0 Å². The molecule has 3 heteroatoms. The Morgan fingerprint density at radius 3 is 2.54 bits per heavy atom. The van der Waals surface area contributed by atoms with Gasteiger partial charge in [0.25, 0.3) is 0 Å². The Kier molecular flexibility index (Phi) is 8.40. The summed E-state index contributed by atoms with van der Waals surface area (Å²) in [6, 6.07) is 0.514. The molecule has 13 heavy (non-hydrogen) atoms. The van der Waals surface area contributed by atoms with Crippen LogP contribution in [0.2, 0.25) is 0 Å². The van der Waals surface area contributed by atoms with Gasteiger partial charge in [-0.05, 0) is 20.5 Å². The number of nitrogens with one attached hydrogen (secondary N) is 1. The lowest BCUT2D eigenvalue weighted by molar-refractivity contribution is 0.375. The molecule has 0 saturated carbocycles. The standard InChI is InChI=1S/C10H25N3/c1-4-5-6-10(9-11)12-7-8-13(2)3/h10,12H,4-9,11H2,1-3H3. The van der Waals surface area contributed by atoms with Crippen LogP contribution in [0.15, 0.2) is 0 Å². The fraction of sp³-hybridized carbons (Fsp3) is 1.00. The summed E-state index contributed by atoms with van der Waals surface area (Å²) in [7, 11) is 4.18. The molecule has 0 radical (unpaired) electrons. The molecular weight excluding hydrogens is 162 g/mol. The lowest BCUT2D eigenvalue weighted by Crippen LogP contribution is -2.39. The number of hydrogen-bond donors (Lipinski definition) is 2. The van der Waals surface area contributed by atoms with E-state index in [0.29, 0.717) is 6.04 Å². The van der Waals surface area contributed by atoms with Gasteiger partial charge in [0.15, 0.2) is 0 Å². The van der Waals surface area contributed by atoms with E-state index in [0.717, 1.165) is 19.6 Å². The molecule has 0 spiro atoms. The van der Waals surface area contributed by atoms with Gasteiger partial charge in [0.05, 0.1) is 0 Å². The summed E-state index contributed by atoms with van der Waals surface area (Å²) < 4.78 is 0. The topological polar surface area (TPSA) is 41.3 Å². The van der Waals surface area contributed by atoms with Gasteiger partial charge < -0.3 is 16.0 Å². The number of nitrogens with zero attached hydrogens (tertiary/aromatic N) is 1. The summed E-state index contributed by atoms with van der Waals surface area (Å²) in [6.45, 7) is 5.10. The quantitative estimate of drug-likeness (QED) is 0.586. The van der Waals surface area contributed by atoms with Crippen LogP contribution in [-0.4, -0.2) is 44.7 Å². The number of rotatable bonds is 8. The van der Waals surface area contributed by atoms with Crippen LogP contribution in [0.4, 0.5) is 0 Å². The van der Waals surface area contributed by atoms with Crippen LogP contribution in [0, 0.1) is 0 Å². The highest BCUT2D eigenvalue weighted by Gasteiger charge is 2.03. The third-order valence-corrected chi connectivity index (χ3v) is 2.18. The lowest BCUT2D eigenvalue weighted by Gasteiger charge is -2.18. The molecule has 1 unspecified atom stereocenters. The van der Waals surface area contributed by atoms with Gasteiger partial charge in [0, 0.05) is 25.7 Å². The Morgan fingerprint density at radius 2 is 2.08 bits per heavy atom. The van der Waals surface area contributed by atoms with Gasteiger partial charge in [-0.3, -0.25) is 0 Å². The van der Waals surface area contributed by atoms with E-state index in [2.05, 4.69) is 31.2 Å². The van der Waals surface area contributed by atoms with Crippen molar-refractivity contribution in [3.05, 3.63) is 0 Å². The van der Waals surface area contributed by atoms with Crippen molar-refractivity contribution < 1.29 is 0 Å². The second-order valence-electron chi connectivity index (χ2n) is 3.83. The fourth-order valence-electron chi connectivity index (χ4n) is 1.25. The monoisotopic (exact) mass is 187 g/mol. The third-order valence-electron chi connectivity index (χ3n) is 2.18. The lowest BCUT2D eigenvalue weighted by atomic mass is 10.1. The first-order valence-electron chi connectivity index (χ1n) is 5.28. The maximum absolute atomic E-state index is 5.65. The first-order valence-corrected chi connectivity index (χ1v) is 5.28. The average Bonchev–Trinajstić information content (AvgIpc) is 2.10. The minimum Gasteiger partial charge on any atom is -0.329 e. The molecule has 0 amide bonds. The maximum Gasteiger partial charge on any atom is 0.0190 e. The third kappa shape index (κ3) is 8.22. The predicted molar refractivity (Wildman–Crippen MR) is 58.9 cm³/mol. The smallest absolute Gasteiger partial charge is 0.0190 e. The highest BCUT2D eigenvalue weighted by atomic mass is 15.1. The summed E-state index contributed by atoms with van der Waals surface area (Å²) >= 11 is 0. The van der Waals surface area contributed by atoms with Gasteiger partial charge in [-0.1, -0.05) is 19.8 Å². The normalized spacial score (nSPS) is 13.6. The molecule has 0 aromatic carbocycles. The van der Waals surface area contributed by atoms with E-state index in [9.17, 15) is 0 Å². The summed E-state index contributed by atoms with van der Waals surface area (Å²) in [4.78, 5) is 2.18. The van der Waals surface area contributed by atoms with Crippen molar-refractivity contribution in [2.24, 2.45) is 5.73 Å². The molecular formula is C10H25N3. The van der Waals surface area contributed by atoms with Crippen LogP contribution in [-0.2, 0) is 0 Å². The maximum atomic E-state index is 5.65. The predicted octanol–water partition coefficient (Wildman–Crippen LogP) is 0.655. The van der Waals surface area contributed by atoms with E-state index >= 15 is 0 Å². The molecule has 0 aliphatic carbocycles. The van der Waals surface area contributed by atoms with Gasteiger partial charge in [-0.15, -0.1) is 0 Å². The van der Waals surface area contributed by atoms with Gasteiger partial charge in [-0.25, -0.2) is 0 Å². The van der Waals surface area contributed by atoms with E-state index in [1.807, 2.05) is 0 Å². The molecule has 3 N–H and O–H groups in total. The molecule has 0 aromatic heterocycles. The molecule has 0 aromatic rings. The highest BCUT2D eigenvalue weighted by Crippen LogP contribution is 1.98. The second kappa shape index (κ2) is 8.48. The Labute approximate surface area is 82.7 Å². The SMILES string of the molecule is CCCCC(CN)NCCN(C)C. The van der Waals surface area contributed by atoms with Gasteiger partial charge in [0.2, 0.25) is 0 Å². The zero-order valence-corrected chi connectivity index (χ0v) is 9.34. The molecule has 0 bridgehead atoms. The van der Waals surface area contributed by atoms with Gasteiger partial charge >= 0.3 is 0 Å². The molecule has 0 saturated heterocycles. The van der Waals surface area contributed by atoms with Crippen LogP contribution >= 0.6 is 0 Å². The van der Waals surface area contributed by atoms with Crippen molar-refractivity contribution in [3.63, 3.8) is 0 Å². The Bertz CT molecular complexity index is 104. The molecule has 1 atom stereocenters. The zero-order valence-electron chi connectivity index (χ0n) is 9.34. The van der Waals surface area contributed by atoms with E-state index in [1.54, 1.807) is 0 Å². The minimum atomic E-state index is 0.514. The van der Waals surface area contributed by atoms with Crippen molar-refractivity contribution in [3.8, 4) is 0 Å². The number of nitrogens with two attached hydrogens (primary N) is 1. The van der Waals surface area contributed by atoms with E-state index in [4.69, 9.17) is 5.73 Å². The first-order chi connectivity index (χ1) is 6.20. The summed E-state index contributed by atoms with van der Waals surface area (Å²) in [5.41, 5.74) is 5.65. The van der Waals surface area contributed by atoms with Crippen molar-refractivity contribution >= 4 is 0 Å². The zero-order chi connectivity index (χ0) is 10.1. The molecule has 0 aliphatic heterocycles. The summed E-state index contributed by atoms with van der Waals surface area (Å²) in [5, 5.41) is 3.47. The van der Waals surface area contributed by atoms with Gasteiger partial charge in [-0.2, -0.15) is 0 Å². The van der Waals surface area contributed by atoms with Crippen molar-refractivity contribution in [2.75, 3.05) is 33.7 Å². The Balaban J connectivity index is 3.36. The van der Waals surface area contributed by atoms with Crippen LogP contribution in [0.5, 0.6) is 0 Å². The Morgan fingerprint density at radius 1 is 1.38 bits per heavy atom. The molecule has 0 fully saturated rings. The summed E-state index contributed by atoms with van der Waals surface area (Å²) in [6.07, 6.45) is 3.74. The van der Waals surface area contributed by atoms with E-state index < -0.39 is 0 Å². The van der Waals surface area contributed by atoms with Crippen LogP contribution < -0.4 is 11.1 Å². The molecule has 0 rings (SSSR count). The number of likely N-dealkylation sites (N-methyl/N-ethyl adjacent to an activating group) is 1.